The molecule has 0 atom stereocenters. The Morgan fingerprint density at radius 1 is 1.56 bits per heavy atom. The van der Waals surface area contributed by atoms with Crippen molar-refractivity contribution < 1.29 is 0 Å². The Hall–Kier alpha value is -0.520. The van der Waals surface area contributed by atoms with Crippen molar-refractivity contribution >= 4 is 0 Å². The van der Waals surface area contributed by atoms with E-state index in [1.165, 1.54) is 19.3 Å². The van der Waals surface area contributed by atoms with Gasteiger partial charge in [-0.3, -0.25) is 0 Å². The summed E-state index contributed by atoms with van der Waals surface area (Å²) in [6.07, 6.45) is 8.28. The summed E-state index contributed by atoms with van der Waals surface area (Å²) in [4.78, 5) is 0. The lowest BCUT2D eigenvalue weighted by molar-refractivity contribution is 1.14. The van der Waals surface area contributed by atoms with E-state index in [0.717, 1.165) is 0 Å². The molecular weight excluding hydrogens is 108 g/mol. The van der Waals surface area contributed by atoms with Crippen LogP contribution in [0.5, 0.6) is 0 Å². The highest BCUT2D eigenvalue weighted by Gasteiger charge is 2.13. The number of allylic oxidation sites excluding steroid dienone is 4. The van der Waals surface area contributed by atoms with Crippen LogP contribution >= 0.6 is 0 Å². The first-order chi connectivity index (χ1) is 4.38. The minimum Gasteiger partial charge on any atom is -0.0874 e. The van der Waals surface area contributed by atoms with Crippen molar-refractivity contribution in [2.75, 3.05) is 0 Å². The summed E-state index contributed by atoms with van der Waals surface area (Å²) < 4.78 is 0. The summed E-state index contributed by atoms with van der Waals surface area (Å²) in [5.41, 5.74) is 3.24. The van der Waals surface area contributed by atoms with E-state index in [9.17, 15) is 0 Å². The molecule has 1 aliphatic rings. The van der Waals surface area contributed by atoms with Gasteiger partial charge in [-0.25, -0.2) is 0 Å². The molecule has 0 N–H and O–H groups in total. The van der Waals surface area contributed by atoms with E-state index in [1.807, 2.05) is 0 Å². The van der Waals surface area contributed by atoms with Gasteiger partial charge in [0.2, 0.25) is 0 Å². The van der Waals surface area contributed by atoms with Gasteiger partial charge in [0.1, 0.15) is 0 Å². The molecule has 0 radical (unpaired) electrons. The monoisotopic (exact) mass is 122 g/mol. The average Bonchev–Trinajstić information content (AvgIpc) is 2.64. The average molecular weight is 122 g/mol. The van der Waals surface area contributed by atoms with Gasteiger partial charge in [-0.1, -0.05) is 24.6 Å². The van der Waals surface area contributed by atoms with Gasteiger partial charge in [0.25, 0.3) is 0 Å². The number of hydrogen-bond donors (Lipinski definition) is 0. The fourth-order valence-corrected chi connectivity index (χ4v) is 1.07. The molecule has 0 aliphatic heterocycles. The van der Waals surface area contributed by atoms with Crippen LogP contribution in [0.15, 0.2) is 23.3 Å². The van der Waals surface area contributed by atoms with Crippen molar-refractivity contribution in [1.82, 2.24) is 0 Å². The minimum absolute atomic E-state index is 1.21. The smallest absolute Gasteiger partial charge is 0.0277 e. The quantitative estimate of drug-likeness (QED) is 0.528. The zero-order chi connectivity index (χ0) is 6.69. The number of hydrogen-bond acceptors (Lipinski definition) is 0. The van der Waals surface area contributed by atoms with Crippen molar-refractivity contribution in [2.24, 2.45) is 0 Å². The minimum atomic E-state index is 1.21. The lowest BCUT2D eigenvalue weighted by Gasteiger charge is -1.91. The second kappa shape index (κ2) is 2.86. The summed E-state index contributed by atoms with van der Waals surface area (Å²) in [7, 11) is 0. The van der Waals surface area contributed by atoms with E-state index in [-0.39, 0.29) is 0 Å². The van der Waals surface area contributed by atoms with Gasteiger partial charge < -0.3 is 0 Å². The molecule has 0 unspecified atom stereocenters. The maximum atomic E-state index is 2.24. The second-order valence-corrected chi connectivity index (χ2v) is 2.48. The zero-order valence-electron chi connectivity index (χ0n) is 6.28. The van der Waals surface area contributed by atoms with Gasteiger partial charge in [0.15, 0.2) is 0 Å². The van der Waals surface area contributed by atoms with Crippen molar-refractivity contribution in [2.45, 2.75) is 33.1 Å². The van der Waals surface area contributed by atoms with Crippen LogP contribution in [0.3, 0.4) is 0 Å². The van der Waals surface area contributed by atoms with Crippen LogP contribution in [-0.2, 0) is 0 Å². The van der Waals surface area contributed by atoms with E-state index in [2.05, 4.69) is 26.0 Å². The van der Waals surface area contributed by atoms with Gasteiger partial charge in [-0.05, 0) is 31.8 Å². The molecule has 0 spiro atoms. The largest absolute Gasteiger partial charge is 0.0874 e. The van der Waals surface area contributed by atoms with Crippen LogP contribution in [0.1, 0.15) is 33.1 Å². The van der Waals surface area contributed by atoms with Crippen molar-refractivity contribution in [3.63, 3.8) is 0 Å². The topological polar surface area (TPSA) is 0 Å². The molecule has 0 aromatic heterocycles. The maximum Gasteiger partial charge on any atom is -0.0277 e. The zero-order valence-corrected chi connectivity index (χ0v) is 6.28. The van der Waals surface area contributed by atoms with E-state index in [1.54, 1.807) is 11.1 Å². The second-order valence-electron chi connectivity index (χ2n) is 2.48. The predicted octanol–water partition coefficient (Wildman–Crippen LogP) is 3.06. The number of rotatable bonds is 2. The first-order valence-electron chi connectivity index (χ1n) is 3.72. The Morgan fingerprint density at radius 2 is 2.22 bits per heavy atom. The van der Waals surface area contributed by atoms with Crippen LogP contribution in [0, 0.1) is 0 Å². The fourth-order valence-electron chi connectivity index (χ4n) is 1.07. The summed E-state index contributed by atoms with van der Waals surface area (Å²) in [6, 6.07) is 0. The highest BCUT2D eigenvalue weighted by atomic mass is 14.2. The fraction of sp³-hybridized carbons (Fsp3) is 0.556. The van der Waals surface area contributed by atoms with E-state index >= 15 is 0 Å². The Morgan fingerprint density at radius 3 is 2.56 bits per heavy atom. The molecule has 0 bridgehead atoms. The van der Waals surface area contributed by atoms with Gasteiger partial charge in [-0.2, -0.15) is 0 Å². The van der Waals surface area contributed by atoms with Gasteiger partial charge in [0, 0.05) is 0 Å². The highest BCUT2D eigenvalue weighted by Crippen LogP contribution is 2.33. The van der Waals surface area contributed by atoms with Crippen LogP contribution in [0.2, 0.25) is 0 Å². The van der Waals surface area contributed by atoms with Crippen molar-refractivity contribution in [3.05, 3.63) is 23.3 Å². The third kappa shape index (κ3) is 1.70. The third-order valence-electron chi connectivity index (χ3n) is 1.70. The molecule has 0 nitrogen and oxygen atoms in total. The van der Waals surface area contributed by atoms with Crippen LogP contribution in [0.25, 0.3) is 0 Å². The summed E-state index contributed by atoms with van der Waals surface area (Å²) in [5, 5.41) is 0. The molecular formula is C9H14. The third-order valence-corrected chi connectivity index (χ3v) is 1.70. The summed E-state index contributed by atoms with van der Waals surface area (Å²) in [6.45, 7) is 4.30. The van der Waals surface area contributed by atoms with Gasteiger partial charge >= 0.3 is 0 Å². The molecule has 0 amide bonds. The molecule has 1 aliphatic carbocycles. The molecule has 1 fully saturated rings. The maximum absolute atomic E-state index is 2.24. The van der Waals surface area contributed by atoms with E-state index < -0.39 is 0 Å². The lowest BCUT2D eigenvalue weighted by Crippen LogP contribution is -1.71. The van der Waals surface area contributed by atoms with Gasteiger partial charge in [0.05, 0.1) is 0 Å². The Labute approximate surface area is 57.3 Å². The molecule has 9 heavy (non-hydrogen) atoms. The lowest BCUT2D eigenvalue weighted by atomic mass is 10.2. The Kier molecular flexibility index (Phi) is 2.10. The molecule has 50 valence electrons. The first-order valence-corrected chi connectivity index (χ1v) is 3.72. The van der Waals surface area contributed by atoms with Crippen molar-refractivity contribution in [1.29, 1.82) is 0 Å². The normalized spacial score (nSPS) is 16.9. The SMILES string of the molecule is CC=CC(CC)=C1CC1. The molecule has 0 heteroatoms. The summed E-state index contributed by atoms with van der Waals surface area (Å²) in [5.74, 6) is 0. The van der Waals surface area contributed by atoms with Crippen molar-refractivity contribution in [3.8, 4) is 0 Å². The van der Waals surface area contributed by atoms with Gasteiger partial charge in [-0.15, -0.1) is 0 Å². The summed E-state index contributed by atoms with van der Waals surface area (Å²) >= 11 is 0. The van der Waals surface area contributed by atoms with Crippen LogP contribution in [0.4, 0.5) is 0 Å². The van der Waals surface area contributed by atoms with Crippen LogP contribution in [-0.4, -0.2) is 0 Å². The van der Waals surface area contributed by atoms with Crippen LogP contribution < -0.4 is 0 Å². The first kappa shape index (κ1) is 6.60. The molecule has 1 rings (SSSR count). The molecule has 1 saturated carbocycles. The molecule has 0 saturated heterocycles. The molecule has 0 aromatic rings. The molecule has 0 aromatic carbocycles. The van der Waals surface area contributed by atoms with E-state index in [0.29, 0.717) is 0 Å². The predicted molar refractivity (Wildman–Crippen MR) is 41.4 cm³/mol. The van der Waals surface area contributed by atoms with E-state index in [4.69, 9.17) is 0 Å². The highest BCUT2D eigenvalue weighted by molar-refractivity contribution is 5.32. The Balaban J connectivity index is 2.59. The standard InChI is InChI=1S/C9H14/c1-3-5-8(4-2)9-6-7-9/h3,5H,4,6-7H2,1-2H3. The molecule has 0 heterocycles. The Bertz CT molecular complexity index is 143.